The van der Waals surface area contributed by atoms with Crippen molar-refractivity contribution in [2.45, 2.75) is 32.6 Å². The molecule has 3 rings (SSSR count). The molecular formula is C18H34N2O3S. The zero-order valence-electron chi connectivity index (χ0n) is 15.4. The normalized spacial score (nSPS) is 28.7. The van der Waals surface area contributed by atoms with Crippen molar-refractivity contribution < 1.29 is 13.2 Å². The van der Waals surface area contributed by atoms with Gasteiger partial charge in [-0.05, 0) is 57.2 Å². The maximum Gasteiger partial charge on any atom is 0.151 e. The first kappa shape index (κ1) is 18.6. The highest BCUT2D eigenvalue weighted by atomic mass is 32.2. The maximum absolute atomic E-state index is 11.7. The maximum atomic E-state index is 11.7. The zero-order valence-corrected chi connectivity index (χ0v) is 16.2. The third-order valence-electron chi connectivity index (χ3n) is 6.36. The molecule has 1 spiro atoms. The minimum atomic E-state index is -2.85. The Labute approximate surface area is 147 Å². The summed E-state index contributed by atoms with van der Waals surface area (Å²) in [5.41, 5.74) is 0.387. The molecule has 140 valence electrons. The molecule has 5 nitrogen and oxygen atoms in total. The van der Waals surface area contributed by atoms with Gasteiger partial charge in [0.1, 0.15) is 0 Å². The van der Waals surface area contributed by atoms with E-state index in [1.165, 1.54) is 32.2 Å². The number of likely N-dealkylation sites (tertiary alicyclic amines) is 2. The van der Waals surface area contributed by atoms with E-state index in [2.05, 4.69) is 16.8 Å². The van der Waals surface area contributed by atoms with E-state index in [0.29, 0.717) is 23.6 Å². The summed E-state index contributed by atoms with van der Waals surface area (Å²) in [6.07, 6.45) is 5.07. The van der Waals surface area contributed by atoms with Gasteiger partial charge in [-0.3, -0.25) is 0 Å². The third kappa shape index (κ3) is 4.71. The number of hydrogen-bond acceptors (Lipinski definition) is 5. The summed E-state index contributed by atoms with van der Waals surface area (Å²) in [6.45, 7) is 8.69. The number of sulfone groups is 1. The van der Waals surface area contributed by atoms with Crippen molar-refractivity contribution in [1.82, 2.24) is 9.80 Å². The molecule has 3 aliphatic rings. The van der Waals surface area contributed by atoms with Crippen LogP contribution in [0.2, 0.25) is 0 Å². The monoisotopic (exact) mass is 358 g/mol. The lowest BCUT2D eigenvalue weighted by molar-refractivity contribution is 0.0196. The average Bonchev–Trinajstić information content (AvgIpc) is 3.32. The van der Waals surface area contributed by atoms with Crippen LogP contribution in [0.1, 0.15) is 32.6 Å². The third-order valence-corrected chi connectivity index (χ3v) is 8.05. The fourth-order valence-corrected chi connectivity index (χ4v) is 5.22. The van der Waals surface area contributed by atoms with Crippen molar-refractivity contribution >= 4 is 9.84 Å². The second-order valence-corrected chi connectivity index (χ2v) is 10.8. The Morgan fingerprint density at radius 1 is 1.17 bits per heavy atom. The number of piperidine rings is 1. The van der Waals surface area contributed by atoms with Gasteiger partial charge < -0.3 is 14.5 Å². The smallest absolute Gasteiger partial charge is 0.151 e. The quantitative estimate of drug-likeness (QED) is 0.658. The summed E-state index contributed by atoms with van der Waals surface area (Å²) in [5.74, 6) is 2.05. The van der Waals surface area contributed by atoms with E-state index in [9.17, 15) is 8.42 Å². The number of rotatable bonds is 8. The summed E-state index contributed by atoms with van der Waals surface area (Å²) in [4.78, 5) is 4.81. The van der Waals surface area contributed by atoms with Gasteiger partial charge in [-0.15, -0.1) is 0 Å². The molecule has 0 aromatic carbocycles. The second kappa shape index (κ2) is 7.60. The molecule has 0 aromatic rings. The van der Waals surface area contributed by atoms with E-state index in [1.807, 2.05) is 0 Å². The molecule has 24 heavy (non-hydrogen) atoms. The summed E-state index contributed by atoms with van der Waals surface area (Å²) >= 11 is 0. The van der Waals surface area contributed by atoms with Gasteiger partial charge in [0.05, 0.1) is 12.4 Å². The molecule has 2 aliphatic heterocycles. The summed E-state index contributed by atoms with van der Waals surface area (Å²) in [6, 6.07) is 0. The first-order valence-electron chi connectivity index (χ1n) is 9.61. The molecule has 1 saturated carbocycles. The van der Waals surface area contributed by atoms with Crippen LogP contribution in [0.25, 0.3) is 0 Å². The molecule has 2 saturated heterocycles. The van der Waals surface area contributed by atoms with Crippen LogP contribution in [0.5, 0.6) is 0 Å². The topological polar surface area (TPSA) is 49.9 Å². The minimum Gasteiger partial charge on any atom is -0.381 e. The van der Waals surface area contributed by atoms with Gasteiger partial charge in [-0.2, -0.15) is 0 Å². The minimum absolute atomic E-state index is 0.260. The summed E-state index contributed by atoms with van der Waals surface area (Å²) in [5, 5.41) is 0. The van der Waals surface area contributed by atoms with Crippen LogP contribution in [-0.2, 0) is 14.6 Å². The molecular weight excluding hydrogens is 324 g/mol. The van der Waals surface area contributed by atoms with Crippen LogP contribution >= 0.6 is 0 Å². The fraction of sp³-hybridized carbons (Fsp3) is 1.00. The molecule has 1 aliphatic carbocycles. The van der Waals surface area contributed by atoms with E-state index >= 15 is 0 Å². The van der Waals surface area contributed by atoms with Crippen molar-refractivity contribution in [2.75, 3.05) is 64.5 Å². The van der Waals surface area contributed by atoms with Gasteiger partial charge in [0.25, 0.3) is 0 Å². The number of nitrogens with zero attached hydrogens (tertiary/aromatic N) is 2. The van der Waals surface area contributed by atoms with Gasteiger partial charge in [-0.1, -0.05) is 6.92 Å². The molecule has 0 radical (unpaired) electrons. The van der Waals surface area contributed by atoms with Gasteiger partial charge in [0.15, 0.2) is 9.84 Å². The van der Waals surface area contributed by atoms with Crippen LogP contribution in [0.4, 0.5) is 0 Å². The second-order valence-electron chi connectivity index (χ2n) is 8.31. The number of hydrogen-bond donors (Lipinski definition) is 0. The molecule has 0 aromatic heterocycles. The van der Waals surface area contributed by atoms with Crippen LogP contribution in [0.15, 0.2) is 0 Å². The highest BCUT2D eigenvalue weighted by Crippen LogP contribution is 2.44. The van der Waals surface area contributed by atoms with Gasteiger partial charge in [0, 0.05) is 37.9 Å². The lowest BCUT2D eigenvalue weighted by atomic mass is 9.71. The number of ether oxygens (including phenoxy) is 1. The van der Waals surface area contributed by atoms with E-state index in [4.69, 9.17) is 4.74 Å². The molecule has 1 atom stereocenters. The highest BCUT2D eigenvalue weighted by molar-refractivity contribution is 7.91. The molecule has 0 amide bonds. The predicted octanol–water partition coefficient (Wildman–Crippen LogP) is 1.49. The largest absolute Gasteiger partial charge is 0.381 e. The van der Waals surface area contributed by atoms with Crippen LogP contribution < -0.4 is 0 Å². The molecule has 0 N–H and O–H groups in total. The highest BCUT2D eigenvalue weighted by Gasteiger charge is 2.47. The SMILES string of the molecule is CCS(=O)(=O)CCN1CCC2(CC1)CN(C)C[C@H]2COCC1CC1. The first-order valence-corrected chi connectivity index (χ1v) is 11.4. The van der Waals surface area contributed by atoms with Gasteiger partial charge in [-0.25, -0.2) is 8.42 Å². The Morgan fingerprint density at radius 2 is 1.88 bits per heavy atom. The van der Waals surface area contributed by atoms with E-state index in [1.54, 1.807) is 6.92 Å². The summed E-state index contributed by atoms with van der Waals surface area (Å²) in [7, 11) is -0.625. The van der Waals surface area contributed by atoms with E-state index in [-0.39, 0.29) is 5.75 Å². The molecule has 3 fully saturated rings. The molecule has 0 unspecified atom stereocenters. The Bertz CT molecular complexity index is 510. The predicted molar refractivity (Wildman–Crippen MR) is 97.0 cm³/mol. The average molecular weight is 359 g/mol. The van der Waals surface area contributed by atoms with E-state index < -0.39 is 9.84 Å². The molecule has 6 heteroatoms. The molecule has 0 bridgehead atoms. The standard InChI is InChI=1S/C18H34N2O3S/c1-3-24(21,22)11-10-20-8-6-18(7-9-20)15-19(2)12-17(18)14-23-13-16-4-5-16/h16-17H,3-15H2,1-2H3/t17-/m0/s1. The summed E-state index contributed by atoms with van der Waals surface area (Å²) < 4.78 is 29.5. The lowest BCUT2D eigenvalue weighted by Crippen LogP contribution is -2.46. The Balaban J connectivity index is 1.48. The van der Waals surface area contributed by atoms with Crippen LogP contribution in [-0.4, -0.2) is 82.7 Å². The van der Waals surface area contributed by atoms with Crippen molar-refractivity contribution in [3.63, 3.8) is 0 Å². The zero-order chi connectivity index (χ0) is 17.2. The lowest BCUT2D eigenvalue weighted by Gasteiger charge is -2.42. The Hall–Kier alpha value is -0.170. The van der Waals surface area contributed by atoms with Crippen molar-refractivity contribution in [2.24, 2.45) is 17.3 Å². The van der Waals surface area contributed by atoms with Gasteiger partial charge >= 0.3 is 0 Å². The molecule has 2 heterocycles. The van der Waals surface area contributed by atoms with Crippen LogP contribution in [0.3, 0.4) is 0 Å². The van der Waals surface area contributed by atoms with Crippen molar-refractivity contribution in [3.8, 4) is 0 Å². The van der Waals surface area contributed by atoms with Crippen LogP contribution in [0, 0.1) is 17.3 Å². The van der Waals surface area contributed by atoms with E-state index in [0.717, 1.165) is 38.8 Å². The van der Waals surface area contributed by atoms with Gasteiger partial charge in [0.2, 0.25) is 0 Å². The fourth-order valence-electron chi connectivity index (χ4n) is 4.39. The Kier molecular flexibility index (Phi) is 5.90. The Morgan fingerprint density at radius 3 is 2.50 bits per heavy atom. The van der Waals surface area contributed by atoms with Crippen molar-refractivity contribution in [3.05, 3.63) is 0 Å². The first-order chi connectivity index (χ1) is 11.4. The van der Waals surface area contributed by atoms with Crippen molar-refractivity contribution in [1.29, 1.82) is 0 Å².